The number of carboxylic acid groups (broad SMARTS) is 1. The fraction of sp³-hybridized carbons (Fsp3) is 0.364. The Kier molecular flexibility index (Phi) is 4.51. The molecular weight excluding hydrogens is 242 g/mol. The highest BCUT2D eigenvalue weighted by Crippen LogP contribution is 2.26. The second kappa shape index (κ2) is 5.67. The minimum absolute atomic E-state index is 0.0839. The van der Waals surface area contributed by atoms with Gasteiger partial charge in [0.05, 0.1) is 10.8 Å². The molecule has 0 saturated heterocycles. The Labute approximate surface area is 103 Å². The first kappa shape index (κ1) is 13.5. The van der Waals surface area contributed by atoms with E-state index in [1.165, 1.54) is 17.8 Å². The molecule has 17 heavy (non-hydrogen) atoms. The normalized spacial score (nSPS) is 12.1. The summed E-state index contributed by atoms with van der Waals surface area (Å²) >= 11 is 1.39. The number of hydrogen-bond acceptors (Lipinski definition) is 4. The summed E-state index contributed by atoms with van der Waals surface area (Å²) in [6.07, 6.45) is 0. The minimum Gasteiger partial charge on any atom is -0.481 e. The molecule has 0 radical (unpaired) electrons. The number of nitro groups is 1. The van der Waals surface area contributed by atoms with E-state index < -0.39 is 16.8 Å². The summed E-state index contributed by atoms with van der Waals surface area (Å²) in [6.45, 7) is 3.30. The van der Waals surface area contributed by atoms with Gasteiger partial charge in [-0.15, -0.1) is 11.8 Å². The number of carboxylic acids is 1. The Balaban J connectivity index is 2.71. The maximum Gasteiger partial charge on any atom is 0.307 e. The third-order valence-corrected chi connectivity index (χ3v) is 3.54. The minimum atomic E-state index is -0.837. The maximum absolute atomic E-state index is 10.6. The zero-order chi connectivity index (χ0) is 13.0. The first-order valence-corrected chi connectivity index (χ1v) is 6.01. The number of nitrogens with zero attached hydrogens (tertiary/aromatic N) is 1. The molecule has 5 nitrogen and oxygen atoms in total. The van der Waals surface area contributed by atoms with E-state index in [4.69, 9.17) is 5.11 Å². The van der Waals surface area contributed by atoms with Crippen LogP contribution in [0.15, 0.2) is 23.1 Å². The second-order valence-corrected chi connectivity index (χ2v) is 4.85. The monoisotopic (exact) mass is 255 g/mol. The van der Waals surface area contributed by atoms with Crippen molar-refractivity contribution in [2.75, 3.05) is 5.75 Å². The van der Waals surface area contributed by atoms with Gasteiger partial charge < -0.3 is 5.11 Å². The van der Waals surface area contributed by atoms with Crippen molar-refractivity contribution in [3.8, 4) is 0 Å². The van der Waals surface area contributed by atoms with Gasteiger partial charge in [-0.05, 0) is 19.1 Å². The van der Waals surface area contributed by atoms with Crippen LogP contribution in [0.25, 0.3) is 0 Å². The van der Waals surface area contributed by atoms with Crippen LogP contribution in [-0.2, 0) is 4.79 Å². The van der Waals surface area contributed by atoms with E-state index in [0.717, 1.165) is 4.90 Å². The average molecular weight is 255 g/mol. The Morgan fingerprint density at radius 2 is 2.24 bits per heavy atom. The predicted octanol–water partition coefficient (Wildman–Crippen LogP) is 2.72. The molecule has 0 aromatic heterocycles. The number of aryl methyl sites for hydroxylation is 1. The average Bonchev–Trinajstić information content (AvgIpc) is 2.25. The first-order valence-electron chi connectivity index (χ1n) is 5.02. The second-order valence-electron chi connectivity index (χ2n) is 3.76. The number of hydrogen-bond donors (Lipinski definition) is 1. The molecule has 0 fully saturated rings. The standard InChI is InChI=1S/C11H13NO4S/c1-7-5-9(3-4-10(7)12(15)16)17-6-8(2)11(13)14/h3-5,8H,6H2,1-2H3,(H,13,14). The van der Waals surface area contributed by atoms with E-state index in [0.29, 0.717) is 11.3 Å². The molecule has 0 heterocycles. The van der Waals surface area contributed by atoms with Crippen LogP contribution >= 0.6 is 11.8 Å². The highest BCUT2D eigenvalue weighted by Gasteiger charge is 2.13. The molecule has 1 atom stereocenters. The van der Waals surface area contributed by atoms with Crippen molar-refractivity contribution in [2.45, 2.75) is 18.7 Å². The van der Waals surface area contributed by atoms with Crippen LogP contribution in [0.5, 0.6) is 0 Å². The summed E-state index contributed by atoms with van der Waals surface area (Å²) in [5.41, 5.74) is 0.670. The summed E-state index contributed by atoms with van der Waals surface area (Å²) in [6, 6.07) is 4.80. The Morgan fingerprint density at radius 1 is 1.59 bits per heavy atom. The fourth-order valence-corrected chi connectivity index (χ4v) is 2.22. The molecule has 0 aliphatic heterocycles. The highest BCUT2D eigenvalue weighted by atomic mass is 32.2. The van der Waals surface area contributed by atoms with Crippen molar-refractivity contribution >= 4 is 23.4 Å². The molecule has 1 rings (SSSR count). The third-order valence-electron chi connectivity index (χ3n) is 2.29. The van der Waals surface area contributed by atoms with Crippen molar-refractivity contribution in [3.05, 3.63) is 33.9 Å². The fourth-order valence-electron chi connectivity index (χ4n) is 1.22. The van der Waals surface area contributed by atoms with E-state index in [-0.39, 0.29) is 5.69 Å². The molecule has 0 amide bonds. The molecule has 0 aliphatic rings. The lowest BCUT2D eigenvalue weighted by molar-refractivity contribution is -0.385. The summed E-state index contributed by atoms with van der Waals surface area (Å²) in [4.78, 5) is 21.7. The molecule has 0 spiro atoms. The van der Waals surface area contributed by atoms with Crippen LogP contribution in [0.3, 0.4) is 0 Å². The molecule has 1 aromatic carbocycles. The number of aliphatic carboxylic acids is 1. The molecule has 6 heteroatoms. The van der Waals surface area contributed by atoms with E-state index in [2.05, 4.69) is 0 Å². The lowest BCUT2D eigenvalue weighted by Gasteiger charge is -2.06. The summed E-state index contributed by atoms with van der Waals surface area (Å²) in [7, 11) is 0. The molecular formula is C11H13NO4S. The van der Waals surface area contributed by atoms with Crippen LogP contribution in [0.1, 0.15) is 12.5 Å². The zero-order valence-electron chi connectivity index (χ0n) is 9.54. The molecule has 1 N–H and O–H groups in total. The van der Waals surface area contributed by atoms with Crippen molar-refractivity contribution in [3.63, 3.8) is 0 Å². The van der Waals surface area contributed by atoms with Gasteiger partial charge in [0.1, 0.15) is 0 Å². The molecule has 1 aromatic rings. The van der Waals surface area contributed by atoms with Crippen molar-refractivity contribution in [1.82, 2.24) is 0 Å². The van der Waals surface area contributed by atoms with E-state index in [1.54, 1.807) is 26.0 Å². The van der Waals surface area contributed by atoms with Crippen molar-refractivity contribution in [2.24, 2.45) is 5.92 Å². The molecule has 0 aliphatic carbocycles. The van der Waals surface area contributed by atoms with Gasteiger partial charge in [0.25, 0.3) is 5.69 Å². The lowest BCUT2D eigenvalue weighted by Crippen LogP contribution is -2.11. The van der Waals surface area contributed by atoms with Gasteiger partial charge in [-0.2, -0.15) is 0 Å². The van der Waals surface area contributed by atoms with Crippen LogP contribution < -0.4 is 0 Å². The van der Waals surface area contributed by atoms with E-state index >= 15 is 0 Å². The zero-order valence-corrected chi connectivity index (χ0v) is 10.4. The number of benzene rings is 1. The maximum atomic E-state index is 10.6. The molecule has 0 saturated carbocycles. The van der Waals surface area contributed by atoms with Gasteiger partial charge in [-0.1, -0.05) is 6.92 Å². The quantitative estimate of drug-likeness (QED) is 0.497. The molecule has 92 valence electrons. The first-order chi connectivity index (χ1) is 7.91. The molecule has 1 unspecified atom stereocenters. The number of thioether (sulfide) groups is 1. The van der Waals surface area contributed by atoms with Crippen molar-refractivity contribution < 1.29 is 14.8 Å². The lowest BCUT2D eigenvalue weighted by atomic mass is 10.2. The SMILES string of the molecule is Cc1cc(SCC(C)C(=O)O)ccc1[N+](=O)[O-]. The Bertz CT molecular complexity index is 447. The Morgan fingerprint density at radius 3 is 2.71 bits per heavy atom. The van der Waals surface area contributed by atoms with E-state index in [9.17, 15) is 14.9 Å². The largest absolute Gasteiger partial charge is 0.481 e. The predicted molar refractivity (Wildman–Crippen MR) is 65.4 cm³/mol. The van der Waals surface area contributed by atoms with Gasteiger partial charge in [-0.3, -0.25) is 14.9 Å². The highest BCUT2D eigenvalue weighted by molar-refractivity contribution is 7.99. The third kappa shape index (κ3) is 3.74. The van der Waals surface area contributed by atoms with Crippen LogP contribution in [0, 0.1) is 23.0 Å². The van der Waals surface area contributed by atoms with Crippen LogP contribution in [0.4, 0.5) is 5.69 Å². The van der Waals surface area contributed by atoms with Gasteiger partial charge in [0, 0.05) is 22.3 Å². The summed E-state index contributed by atoms with van der Waals surface area (Å²) < 4.78 is 0. The van der Waals surface area contributed by atoms with E-state index in [1.807, 2.05) is 0 Å². The number of carbonyl (C=O) groups is 1. The Hall–Kier alpha value is -1.56. The van der Waals surface area contributed by atoms with Gasteiger partial charge >= 0.3 is 5.97 Å². The van der Waals surface area contributed by atoms with Crippen molar-refractivity contribution in [1.29, 1.82) is 0 Å². The van der Waals surface area contributed by atoms with Gasteiger partial charge in [0.2, 0.25) is 0 Å². The van der Waals surface area contributed by atoms with Gasteiger partial charge in [0.15, 0.2) is 0 Å². The van der Waals surface area contributed by atoms with Crippen LogP contribution in [-0.4, -0.2) is 21.8 Å². The van der Waals surface area contributed by atoms with Gasteiger partial charge in [-0.25, -0.2) is 0 Å². The summed E-state index contributed by atoms with van der Waals surface area (Å²) in [5.74, 6) is -0.821. The summed E-state index contributed by atoms with van der Waals surface area (Å²) in [5, 5.41) is 19.3. The molecule has 0 bridgehead atoms. The number of nitro benzene ring substituents is 1. The smallest absolute Gasteiger partial charge is 0.307 e. The topological polar surface area (TPSA) is 80.4 Å². The number of rotatable bonds is 5. The van der Waals surface area contributed by atoms with Crippen LogP contribution in [0.2, 0.25) is 0 Å².